The minimum Gasteiger partial charge on any atom is -0.483 e. The maximum absolute atomic E-state index is 13.3. The molecule has 0 spiro atoms. The molecule has 4 saturated heterocycles. The highest BCUT2D eigenvalue weighted by Crippen LogP contribution is 2.33. The van der Waals surface area contributed by atoms with Gasteiger partial charge in [0.15, 0.2) is 5.82 Å². The summed E-state index contributed by atoms with van der Waals surface area (Å²) in [6.45, 7) is 13.2. The van der Waals surface area contributed by atoms with Crippen molar-refractivity contribution in [2.75, 3.05) is 82.2 Å². The summed E-state index contributed by atoms with van der Waals surface area (Å²) in [4.78, 5) is 102. The van der Waals surface area contributed by atoms with E-state index < -0.39 is 29.7 Å². The number of nitrogens with one attached hydrogen (secondary N) is 2. The summed E-state index contributed by atoms with van der Waals surface area (Å²) >= 11 is 0. The van der Waals surface area contributed by atoms with Crippen molar-refractivity contribution in [3.05, 3.63) is 53.5 Å². The normalized spacial score (nSPS) is 23.3. The number of carbonyl (C=O) groups excluding carboxylic acids is 6. The van der Waals surface area contributed by atoms with Gasteiger partial charge < -0.3 is 25.1 Å². The van der Waals surface area contributed by atoms with Crippen molar-refractivity contribution < 1.29 is 38.7 Å². The number of rotatable bonds is 12. The molecule has 6 amide bonds. The van der Waals surface area contributed by atoms with Gasteiger partial charge in [-0.25, -0.2) is 9.50 Å². The molecule has 1 aliphatic carbocycles. The molecular weight excluding hydrogens is 859 g/mol. The fraction of sp³-hybridized carbons (Fsp3) is 0.604. The molecule has 2 aromatic heterocycles. The maximum atomic E-state index is 13.3. The quantitative estimate of drug-likeness (QED) is 0.176. The van der Waals surface area contributed by atoms with E-state index in [1.165, 1.54) is 5.56 Å². The SMILES string of the molecule is CC(C)c1ccn2ncnc(NC3CCC(N4CCN(C(=O)CCC(=O)N5CCC(CCN6CCN(c7ccc8c(c7)C(=O)N(C7CCC(=O)NC7=O)C8=O)CC6)CC5)CC4)CC3)c12.O=CO. The molecule has 19 nitrogen and oxygen atoms in total. The Balaban J connectivity index is 0.00000198. The Kier molecular flexibility index (Phi) is 15.1. The molecule has 1 aromatic carbocycles. The van der Waals surface area contributed by atoms with E-state index in [1.807, 2.05) is 26.6 Å². The number of piperazine rings is 2. The number of fused-ring (bicyclic) bond motifs is 2. The predicted molar refractivity (Wildman–Crippen MR) is 249 cm³/mol. The average Bonchev–Trinajstić information content (AvgIpc) is 3.89. The number of likely N-dealkylation sites (tertiary alicyclic amines) is 1. The Labute approximate surface area is 391 Å². The van der Waals surface area contributed by atoms with Gasteiger partial charge in [-0.3, -0.25) is 53.6 Å². The summed E-state index contributed by atoms with van der Waals surface area (Å²) in [6, 6.07) is 7.39. The minimum absolute atomic E-state index is 0.0909. The second-order valence-electron chi connectivity index (χ2n) is 19.1. The van der Waals surface area contributed by atoms with Crippen molar-refractivity contribution in [2.24, 2.45) is 5.92 Å². The third-order valence-corrected chi connectivity index (χ3v) is 14.9. The van der Waals surface area contributed by atoms with Crippen molar-refractivity contribution in [2.45, 2.75) is 109 Å². The molecule has 1 saturated carbocycles. The third-order valence-electron chi connectivity index (χ3n) is 14.9. The van der Waals surface area contributed by atoms with E-state index >= 15 is 0 Å². The number of imide groups is 2. The van der Waals surface area contributed by atoms with Crippen molar-refractivity contribution in [3.8, 4) is 0 Å². The Morgan fingerprint density at radius 2 is 1.48 bits per heavy atom. The van der Waals surface area contributed by atoms with Crippen LogP contribution in [0.15, 0.2) is 36.8 Å². The first-order chi connectivity index (χ1) is 32.4. The lowest BCUT2D eigenvalue weighted by molar-refractivity contribution is -0.139. The third kappa shape index (κ3) is 10.8. The van der Waals surface area contributed by atoms with E-state index in [4.69, 9.17) is 9.90 Å². The lowest BCUT2D eigenvalue weighted by Crippen LogP contribution is -2.54. The summed E-state index contributed by atoms with van der Waals surface area (Å²) in [5.74, 6) is 0.0797. The van der Waals surface area contributed by atoms with E-state index in [2.05, 4.69) is 55.3 Å². The predicted octanol–water partition coefficient (Wildman–Crippen LogP) is 3.05. The highest BCUT2D eigenvalue weighted by Gasteiger charge is 2.45. The first-order valence-electron chi connectivity index (χ1n) is 24.2. The minimum atomic E-state index is -0.974. The number of amides is 6. The van der Waals surface area contributed by atoms with Gasteiger partial charge in [0.05, 0.1) is 11.1 Å². The second kappa shape index (κ2) is 21.3. The molecule has 67 heavy (non-hydrogen) atoms. The van der Waals surface area contributed by atoms with Crippen LogP contribution < -0.4 is 15.5 Å². The molecule has 19 heteroatoms. The molecule has 5 fully saturated rings. The topological polar surface area (TPSA) is 213 Å². The van der Waals surface area contributed by atoms with Crippen LogP contribution >= 0.6 is 0 Å². The fourth-order valence-electron chi connectivity index (χ4n) is 10.9. The van der Waals surface area contributed by atoms with E-state index in [0.717, 1.165) is 139 Å². The number of hydrogen-bond donors (Lipinski definition) is 3. The molecule has 1 unspecified atom stereocenters. The van der Waals surface area contributed by atoms with Crippen LogP contribution in [0.4, 0.5) is 11.5 Å². The molecule has 0 radical (unpaired) electrons. The van der Waals surface area contributed by atoms with Crippen molar-refractivity contribution in [1.82, 2.24) is 44.4 Å². The van der Waals surface area contributed by atoms with Gasteiger partial charge in [-0.05, 0) is 99.6 Å². The van der Waals surface area contributed by atoms with Crippen LogP contribution in [-0.4, -0.2) is 176 Å². The van der Waals surface area contributed by atoms with Gasteiger partial charge in [0, 0.05) is 109 Å². The van der Waals surface area contributed by atoms with E-state index in [-0.39, 0.29) is 44.0 Å². The summed E-state index contributed by atoms with van der Waals surface area (Å²) in [5, 5.41) is 17.3. The van der Waals surface area contributed by atoms with Crippen molar-refractivity contribution >= 4 is 58.9 Å². The first kappa shape index (κ1) is 47.5. The van der Waals surface area contributed by atoms with Gasteiger partial charge in [-0.2, -0.15) is 5.10 Å². The Bertz CT molecular complexity index is 2300. The number of carbonyl (C=O) groups is 7. The number of nitrogens with zero attached hydrogens (tertiary/aromatic N) is 9. The van der Waals surface area contributed by atoms with Gasteiger partial charge in [0.25, 0.3) is 18.3 Å². The molecular formula is C48H65N11O8. The van der Waals surface area contributed by atoms with Gasteiger partial charge in [0.1, 0.15) is 17.9 Å². The van der Waals surface area contributed by atoms with Gasteiger partial charge >= 0.3 is 0 Å². The monoisotopic (exact) mass is 924 g/mol. The number of carboxylic acid groups (broad SMARTS) is 1. The van der Waals surface area contributed by atoms with E-state index in [9.17, 15) is 28.8 Å². The lowest BCUT2D eigenvalue weighted by Gasteiger charge is -2.42. The van der Waals surface area contributed by atoms with Crippen molar-refractivity contribution in [3.63, 3.8) is 0 Å². The van der Waals surface area contributed by atoms with Crippen LogP contribution in [0.1, 0.15) is 117 Å². The number of aromatic nitrogens is 3. The summed E-state index contributed by atoms with van der Waals surface area (Å²) in [7, 11) is 0. The molecule has 0 bridgehead atoms. The van der Waals surface area contributed by atoms with Gasteiger partial charge in [0.2, 0.25) is 23.6 Å². The standard InChI is InChI=1S/C47H63N11O6.CH2O2/c1-31(2)36-16-20-57-43(36)44(48-30-49-57)50-33-3-5-34(6-4-33)53-25-27-56(28-26-53)42(61)12-11-41(60)55-18-14-32(15-19-55)13-17-52-21-23-54(24-22-52)35-7-8-37-38(29-35)47(64)58(46(37)63)39-9-10-40(59)51-45(39)62;2-1-3/h7-8,16,20,29-34,39H,3-6,9-15,17-19,21-28H2,1-2H3,(H,48,49,50)(H,51,59,62);1H,(H,2,3). The van der Waals surface area contributed by atoms with Crippen molar-refractivity contribution in [1.29, 1.82) is 0 Å². The molecule has 5 aliphatic heterocycles. The van der Waals surface area contributed by atoms with E-state index in [1.54, 1.807) is 18.5 Å². The van der Waals surface area contributed by atoms with E-state index in [0.29, 0.717) is 35.0 Å². The summed E-state index contributed by atoms with van der Waals surface area (Å²) in [6.07, 6.45) is 11.9. The van der Waals surface area contributed by atoms with Crippen LogP contribution in [0.25, 0.3) is 5.52 Å². The number of benzene rings is 1. The summed E-state index contributed by atoms with van der Waals surface area (Å²) in [5.41, 5.74) is 3.81. The van der Waals surface area contributed by atoms with Crippen LogP contribution in [0.2, 0.25) is 0 Å². The first-order valence-corrected chi connectivity index (χ1v) is 24.2. The Morgan fingerprint density at radius 3 is 2.13 bits per heavy atom. The number of hydrogen-bond acceptors (Lipinski definition) is 13. The van der Waals surface area contributed by atoms with Crippen LogP contribution in [-0.2, 0) is 24.0 Å². The molecule has 6 aliphatic rings. The number of piperidine rings is 2. The maximum Gasteiger partial charge on any atom is 0.290 e. The van der Waals surface area contributed by atoms with Gasteiger partial charge in [-0.15, -0.1) is 0 Å². The van der Waals surface area contributed by atoms with Crippen LogP contribution in [0, 0.1) is 5.92 Å². The fourth-order valence-corrected chi connectivity index (χ4v) is 10.9. The average molecular weight is 924 g/mol. The molecule has 7 heterocycles. The molecule has 3 aromatic rings. The van der Waals surface area contributed by atoms with Crippen LogP contribution in [0.5, 0.6) is 0 Å². The zero-order chi connectivity index (χ0) is 47.2. The lowest BCUT2D eigenvalue weighted by atomic mass is 9.89. The van der Waals surface area contributed by atoms with Crippen LogP contribution in [0.3, 0.4) is 0 Å². The highest BCUT2D eigenvalue weighted by molar-refractivity contribution is 6.23. The number of anilines is 2. The second-order valence-corrected chi connectivity index (χ2v) is 19.1. The Morgan fingerprint density at radius 1 is 0.821 bits per heavy atom. The largest absolute Gasteiger partial charge is 0.483 e. The molecule has 1 atom stereocenters. The zero-order valence-electron chi connectivity index (χ0n) is 38.8. The zero-order valence-corrected chi connectivity index (χ0v) is 38.8. The molecule has 9 rings (SSSR count). The molecule has 3 N–H and O–H groups in total. The Hall–Kier alpha value is -5.95. The molecule has 360 valence electrons. The highest BCUT2D eigenvalue weighted by atomic mass is 16.3. The smallest absolute Gasteiger partial charge is 0.290 e. The summed E-state index contributed by atoms with van der Waals surface area (Å²) < 4.78 is 1.92. The van der Waals surface area contributed by atoms with Gasteiger partial charge in [-0.1, -0.05) is 13.8 Å².